The van der Waals surface area contributed by atoms with E-state index in [0.29, 0.717) is 6.54 Å². The van der Waals surface area contributed by atoms with Crippen molar-refractivity contribution in [1.82, 2.24) is 16.0 Å². The minimum Gasteiger partial charge on any atom is -0.481 e. The summed E-state index contributed by atoms with van der Waals surface area (Å²) in [7, 11) is 0. The molecule has 1 atom stereocenters. The first-order valence-electron chi connectivity index (χ1n) is 5.89. The second-order valence-electron chi connectivity index (χ2n) is 4.21. The van der Waals surface area contributed by atoms with Crippen LogP contribution in [0.4, 0.5) is 4.79 Å². The maximum atomic E-state index is 11.3. The van der Waals surface area contributed by atoms with Crippen LogP contribution in [-0.4, -0.2) is 42.6 Å². The number of hydrogen-bond donors (Lipinski definition) is 4. The van der Waals surface area contributed by atoms with Crippen molar-refractivity contribution in [2.24, 2.45) is 11.8 Å². The van der Waals surface area contributed by atoms with Crippen LogP contribution in [0.2, 0.25) is 0 Å². The van der Waals surface area contributed by atoms with Crippen molar-refractivity contribution in [1.29, 1.82) is 0 Å². The van der Waals surface area contributed by atoms with Crippen molar-refractivity contribution in [2.75, 3.05) is 19.6 Å². The summed E-state index contributed by atoms with van der Waals surface area (Å²) in [5.74, 6) is -1.95. The number of urea groups is 1. The summed E-state index contributed by atoms with van der Waals surface area (Å²) in [6.07, 6.45) is 0. The highest BCUT2D eigenvalue weighted by Gasteiger charge is 2.21. The fourth-order valence-electron chi connectivity index (χ4n) is 1.29. The number of likely N-dealkylation sites (N-methyl/N-ethyl adjacent to an activating group) is 1. The van der Waals surface area contributed by atoms with E-state index in [2.05, 4.69) is 16.0 Å². The van der Waals surface area contributed by atoms with E-state index in [1.54, 1.807) is 20.8 Å². The van der Waals surface area contributed by atoms with Crippen LogP contribution in [0.25, 0.3) is 0 Å². The van der Waals surface area contributed by atoms with Crippen LogP contribution < -0.4 is 16.0 Å². The van der Waals surface area contributed by atoms with Crippen LogP contribution in [0, 0.1) is 11.8 Å². The summed E-state index contributed by atoms with van der Waals surface area (Å²) in [6, 6.07) is -0.548. The monoisotopic (exact) mass is 259 g/mol. The van der Waals surface area contributed by atoms with Gasteiger partial charge in [0.1, 0.15) is 0 Å². The standard InChI is InChI=1S/C11H21N3O4/c1-4-12-9(15)6-14-11(18)13-5-8(7(2)3)10(16)17/h7-8H,4-6H2,1-3H3,(H,12,15)(H,16,17)(H2,13,14,18). The molecule has 4 N–H and O–H groups in total. The van der Waals surface area contributed by atoms with E-state index in [9.17, 15) is 14.4 Å². The number of carbonyl (C=O) groups excluding carboxylic acids is 2. The van der Waals surface area contributed by atoms with Gasteiger partial charge in [-0.1, -0.05) is 13.8 Å². The summed E-state index contributed by atoms with van der Waals surface area (Å²) in [5, 5.41) is 16.2. The van der Waals surface area contributed by atoms with Gasteiger partial charge in [-0.05, 0) is 12.8 Å². The zero-order valence-electron chi connectivity index (χ0n) is 10.9. The number of aliphatic carboxylic acids is 1. The van der Waals surface area contributed by atoms with Crippen molar-refractivity contribution in [3.63, 3.8) is 0 Å². The Balaban J connectivity index is 3.95. The molecule has 0 aromatic heterocycles. The lowest BCUT2D eigenvalue weighted by atomic mass is 9.96. The lowest BCUT2D eigenvalue weighted by Gasteiger charge is -2.16. The summed E-state index contributed by atoms with van der Waals surface area (Å²) in [4.78, 5) is 33.2. The Morgan fingerprint density at radius 2 is 1.72 bits per heavy atom. The van der Waals surface area contributed by atoms with E-state index in [1.165, 1.54) is 0 Å². The third kappa shape index (κ3) is 6.72. The first-order chi connectivity index (χ1) is 8.38. The van der Waals surface area contributed by atoms with Crippen LogP contribution >= 0.6 is 0 Å². The Morgan fingerprint density at radius 3 is 2.17 bits per heavy atom. The minimum absolute atomic E-state index is 0.0359. The van der Waals surface area contributed by atoms with Gasteiger partial charge >= 0.3 is 12.0 Å². The Morgan fingerprint density at radius 1 is 1.11 bits per heavy atom. The van der Waals surface area contributed by atoms with E-state index in [4.69, 9.17) is 5.11 Å². The number of carboxylic acid groups (broad SMARTS) is 1. The van der Waals surface area contributed by atoms with Gasteiger partial charge in [0, 0.05) is 13.1 Å². The molecule has 1 unspecified atom stereocenters. The second kappa shape index (κ2) is 8.32. The molecule has 7 nitrogen and oxygen atoms in total. The molecule has 104 valence electrons. The van der Waals surface area contributed by atoms with E-state index < -0.39 is 17.9 Å². The van der Waals surface area contributed by atoms with Crippen molar-refractivity contribution in [3.05, 3.63) is 0 Å². The smallest absolute Gasteiger partial charge is 0.315 e. The predicted molar refractivity (Wildman–Crippen MR) is 66.0 cm³/mol. The molecule has 18 heavy (non-hydrogen) atoms. The molecular weight excluding hydrogens is 238 g/mol. The zero-order valence-corrected chi connectivity index (χ0v) is 10.9. The highest BCUT2D eigenvalue weighted by Crippen LogP contribution is 2.09. The average molecular weight is 259 g/mol. The lowest BCUT2D eigenvalue weighted by molar-refractivity contribution is -0.143. The lowest BCUT2D eigenvalue weighted by Crippen LogP contribution is -2.44. The fourth-order valence-corrected chi connectivity index (χ4v) is 1.29. The van der Waals surface area contributed by atoms with Gasteiger partial charge < -0.3 is 21.1 Å². The summed E-state index contributed by atoms with van der Waals surface area (Å²) in [5.41, 5.74) is 0. The van der Waals surface area contributed by atoms with Gasteiger partial charge in [0.05, 0.1) is 12.5 Å². The van der Waals surface area contributed by atoms with Gasteiger partial charge in [0.2, 0.25) is 5.91 Å². The highest BCUT2D eigenvalue weighted by molar-refractivity contribution is 5.84. The Kier molecular flexibility index (Phi) is 7.50. The molecule has 0 fully saturated rings. The number of nitrogens with one attached hydrogen (secondary N) is 3. The number of hydrogen-bond acceptors (Lipinski definition) is 3. The second-order valence-corrected chi connectivity index (χ2v) is 4.21. The third-order valence-electron chi connectivity index (χ3n) is 2.39. The number of amides is 3. The molecule has 0 aliphatic rings. The minimum atomic E-state index is -0.950. The van der Waals surface area contributed by atoms with E-state index in [0.717, 1.165) is 0 Å². The van der Waals surface area contributed by atoms with Gasteiger partial charge in [-0.2, -0.15) is 0 Å². The SMILES string of the molecule is CCNC(=O)CNC(=O)NCC(C(=O)O)C(C)C. The molecule has 0 saturated carbocycles. The van der Waals surface area contributed by atoms with Crippen LogP contribution in [-0.2, 0) is 9.59 Å². The summed E-state index contributed by atoms with van der Waals surface area (Å²) >= 11 is 0. The molecule has 0 aliphatic heterocycles. The quantitative estimate of drug-likeness (QED) is 0.507. The van der Waals surface area contributed by atoms with E-state index >= 15 is 0 Å². The Labute approximate surface area is 106 Å². The largest absolute Gasteiger partial charge is 0.481 e. The van der Waals surface area contributed by atoms with Gasteiger partial charge in [-0.25, -0.2) is 4.79 Å². The maximum absolute atomic E-state index is 11.3. The van der Waals surface area contributed by atoms with Gasteiger partial charge in [-0.3, -0.25) is 9.59 Å². The molecule has 0 saturated heterocycles. The molecule has 0 aromatic carbocycles. The molecule has 0 aromatic rings. The van der Waals surface area contributed by atoms with Crippen LogP contribution in [0.15, 0.2) is 0 Å². The van der Waals surface area contributed by atoms with Crippen LogP contribution in [0.1, 0.15) is 20.8 Å². The number of carboxylic acids is 1. The van der Waals surface area contributed by atoms with E-state index in [-0.39, 0.29) is 24.9 Å². The van der Waals surface area contributed by atoms with Crippen LogP contribution in [0.5, 0.6) is 0 Å². The number of carbonyl (C=O) groups is 3. The van der Waals surface area contributed by atoms with Crippen molar-refractivity contribution in [3.8, 4) is 0 Å². The van der Waals surface area contributed by atoms with Gasteiger partial charge in [-0.15, -0.1) is 0 Å². The highest BCUT2D eigenvalue weighted by atomic mass is 16.4. The van der Waals surface area contributed by atoms with Crippen molar-refractivity contribution in [2.45, 2.75) is 20.8 Å². The average Bonchev–Trinajstić information content (AvgIpc) is 2.26. The van der Waals surface area contributed by atoms with Gasteiger partial charge in [0.25, 0.3) is 0 Å². The number of rotatable bonds is 7. The third-order valence-corrected chi connectivity index (χ3v) is 2.39. The molecular formula is C11H21N3O4. The maximum Gasteiger partial charge on any atom is 0.315 e. The van der Waals surface area contributed by atoms with E-state index in [1.807, 2.05) is 0 Å². The normalized spacial score (nSPS) is 11.8. The Hall–Kier alpha value is -1.79. The fraction of sp³-hybridized carbons (Fsp3) is 0.727. The molecule has 0 aliphatic carbocycles. The summed E-state index contributed by atoms with van der Waals surface area (Å²) in [6.45, 7) is 5.72. The predicted octanol–water partition coefficient (Wildman–Crippen LogP) is -0.221. The first kappa shape index (κ1) is 16.2. The molecule has 0 rings (SSSR count). The first-order valence-corrected chi connectivity index (χ1v) is 5.89. The van der Waals surface area contributed by atoms with Crippen molar-refractivity contribution >= 4 is 17.9 Å². The Bertz CT molecular complexity index is 305. The molecule has 0 radical (unpaired) electrons. The van der Waals surface area contributed by atoms with Crippen LogP contribution in [0.3, 0.4) is 0 Å². The molecule has 0 bridgehead atoms. The summed E-state index contributed by atoms with van der Waals surface area (Å²) < 4.78 is 0. The molecule has 0 spiro atoms. The molecule has 0 heterocycles. The van der Waals surface area contributed by atoms with Gasteiger partial charge in [0.15, 0.2) is 0 Å². The molecule has 7 heteroatoms. The zero-order chi connectivity index (χ0) is 14.1. The molecule has 3 amide bonds. The topological polar surface area (TPSA) is 108 Å². The van der Waals surface area contributed by atoms with Crippen molar-refractivity contribution < 1.29 is 19.5 Å².